The molecule has 2 aliphatic heterocycles. The zero-order valence-corrected chi connectivity index (χ0v) is 18.9. The number of amides is 1. The molecule has 33 heavy (non-hydrogen) atoms. The van der Waals surface area contributed by atoms with Crippen LogP contribution in [-0.4, -0.2) is 126 Å². The Kier molecular flexibility index (Phi) is 11.4. The minimum atomic E-state index is -1.71. The molecule has 0 aromatic heterocycles. The van der Waals surface area contributed by atoms with Crippen molar-refractivity contribution in [1.82, 2.24) is 4.90 Å². The monoisotopic (exact) mass is 481 g/mol. The maximum absolute atomic E-state index is 13.2. The van der Waals surface area contributed by atoms with E-state index in [1.807, 2.05) is 0 Å². The van der Waals surface area contributed by atoms with E-state index < -0.39 is 80.4 Å². The first-order chi connectivity index (χ1) is 15.7. The van der Waals surface area contributed by atoms with Crippen LogP contribution in [0.4, 0.5) is 0 Å². The lowest BCUT2D eigenvalue weighted by molar-refractivity contribution is -0.203. The van der Waals surface area contributed by atoms with Crippen LogP contribution in [0.25, 0.3) is 0 Å². The van der Waals surface area contributed by atoms with Crippen molar-refractivity contribution in [2.45, 2.75) is 113 Å². The van der Waals surface area contributed by atoms with Gasteiger partial charge in [-0.3, -0.25) is 9.69 Å². The van der Waals surface area contributed by atoms with Crippen LogP contribution in [0.3, 0.4) is 0 Å². The van der Waals surface area contributed by atoms with Crippen LogP contribution in [0, 0.1) is 0 Å². The third-order valence-corrected chi connectivity index (χ3v) is 6.26. The Morgan fingerprint density at radius 1 is 0.758 bits per heavy atom. The van der Waals surface area contributed by atoms with Gasteiger partial charge in [0, 0.05) is 6.42 Å². The molecule has 2 heterocycles. The normalized spacial score (nSPS) is 36.2. The molecule has 1 amide bonds. The van der Waals surface area contributed by atoms with E-state index in [4.69, 9.17) is 9.47 Å². The van der Waals surface area contributed by atoms with Crippen molar-refractivity contribution < 1.29 is 55.1 Å². The highest BCUT2D eigenvalue weighted by atomic mass is 16.6. The van der Waals surface area contributed by atoms with Gasteiger partial charge in [0.1, 0.15) is 48.8 Å². The van der Waals surface area contributed by atoms with E-state index in [9.17, 15) is 45.6 Å². The molecular weight excluding hydrogens is 442 g/mol. The second-order valence-corrected chi connectivity index (χ2v) is 8.76. The molecule has 12 heteroatoms. The Morgan fingerprint density at radius 3 is 1.61 bits per heavy atom. The highest BCUT2D eigenvalue weighted by molar-refractivity contribution is 5.77. The molecule has 194 valence electrons. The van der Waals surface area contributed by atoms with Crippen molar-refractivity contribution in [3.8, 4) is 0 Å². The Labute approximate surface area is 193 Å². The number of carbonyl (C=O) groups is 1. The summed E-state index contributed by atoms with van der Waals surface area (Å²) < 4.78 is 11.0. The van der Waals surface area contributed by atoms with Crippen LogP contribution in [-0.2, 0) is 14.3 Å². The van der Waals surface area contributed by atoms with E-state index in [0.717, 1.165) is 37.0 Å². The molecule has 2 fully saturated rings. The molecule has 2 saturated heterocycles. The molecule has 12 nitrogen and oxygen atoms in total. The first-order valence-electron chi connectivity index (χ1n) is 11.6. The Morgan fingerprint density at radius 2 is 1.18 bits per heavy atom. The fourth-order valence-electron chi connectivity index (χ4n) is 4.29. The largest absolute Gasteiger partial charge is 0.394 e. The summed E-state index contributed by atoms with van der Waals surface area (Å²) in [5.74, 6) is -0.601. The molecule has 0 aromatic carbocycles. The fraction of sp³-hybridized carbons (Fsp3) is 0.952. The second-order valence-electron chi connectivity index (χ2n) is 8.76. The predicted molar refractivity (Wildman–Crippen MR) is 112 cm³/mol. The van der Waals surface area contributed by atoms with Crippen molar-refractivity contribution >= 4 is 5.91 Å². The molecule has 0 unspecified atom stereocenters. The summed E-state index contributed by atoms with van der Waals surface area (Å²) in [6, 6.07) is 0. The summed E-state index contributed by atoms with van der Waals surface area (Å²) in [5, 5.41) is 79.9. The molecule has 0 bridgehead atoms. The number of hydrogen-bond donors (Lipinski definition) is 8. The Balaban J connectivity index is 2.21. The van der Waals surface area contributed by atoms with Gasteiger partial charge >= 0.3 is 0 Å². The van der Waals surface area contributed by atoms with Crippen molar-refractivity contribution in [2.75, 3.05) is 13.2 Å². The van der Waals surface area contributed by atoms with E-state index in [1.165, 1.54) is 0 Å². The van der Waals surface area contributed by atoms with Gasteiger partial charge in [-0.1, -0.05) is 39.0 Å². The van der Waals surface area contributed by atoms with Crippen LogP contribution in [0.1, 0.15) is 51.9 Å². The zero-order chi connectivity index (χ0) is 24.7. The number of hydrogen-bond acceptors (Lipinski definition) is 11. The molecule has 0 saturated carbocycles. The molecule has 0 spiro atoms. The lowest BCUT2D eigenvalue weighted by atomic mass is 10.0. The summed E-state index contributed by atoms with van der Waals surface area (Å²) in [5.41, 5.74) is 0. The third-order valence-electron chi connectivity index (χ3n) is 6.26. The number of nitrogens with zero attached hydrogens (tertiary/aromatic N) is 1. The van der Waals surface area contributed by atoms with Gasteiger partial charge in [-0.25, -0.2) is 0 Å². The molecule has 2 rings (SSSR count). The highest BCUT2D eigenvalue weighted by Gasteiger charge is 2.56. The maximum atomic E-state index is 13.2. The lowest BCUT2D eigenvalue weighted by Crippen LogP contribution is -2.56. The minimum absolute atomic E-state index is 0.00207. The van der Waals surface area contributed by atoms with Gasteiger partial charge in [0.15, 0.2) is 12.5 Å². The van der Waals surface area contributed by atoms with Gasteiger partial charge in [-0.15, -0.1) is 0 Å². The Hall–Kier alpha value is -0.930. The molecule has 2 aliphatic rings. The average Bonchev–Trinajstić information content (AvgIpc) is 3.26. The Bertz CT molecular complexity index is 561. The molecule has 0 aliphatic carbocycles. The van der Waals surface area contributed by atoms with Gasteiger partial charge in [0.2, 0.25) is 5.91 Å². The summed E-state index contributed by atoms with van der Waals surface area (Å²) in [6.45, 7) is 0.559. The van der Waals surface area contributed by atoms with E-state index in [1.54, 1.807) is 0 Å². The maximum Gasteiger partial charge on any atom is 0.226 e. The predicted octanol–water partition coefficient (Wildman–Crippen LogP) is -2.83. The first kappa shape index (κ1) is 28.3. The van der Waals surface area contributed by atoms with Gasteiger partial charge < -0.3 is 50.3 Å². The van der Waals surface area contributed by atoms with Crippen LogP contribution in [0.5, 0.6) is 0 Å². The smallest absolute Gasteiger partial charge is 0.226 e. The van der Waals surface area contributed by atoms with Gasteiger partial charge in [0.25, 0.3) is 0 Å². The van der Waals surface area contributed by atoms with Gasteiger partial charge in [0.05, 0.1) is 13.2 Å². The second kappa shape index (κ2) is 13.2. The summed E-state index contributed by atoms with van der Waals surface area (Å²) >= 11 is 0. The van der Waals surface area contributed by atoms with Gasteiger partial charge in [-0.05, 0) is 6.42 Å². The van der Waals surface area contributed by atoms with E-state index in [-0.39, 0.29) is 6.42 Å². The number of rotatable bonds is 13. The van der Waals surface area contributed by atoms with Crippen LogP contribution in [0.15, 0.2) is 0 Å². The summed E-state index contributed by atoms with van der Waals surface area (Å²) in [4.78, 5) is 14.0. The van der Waals surface area contributed by atoms with Crippen molar-refractivity contribution in [3.63, 3.8) is 0 Å². The van der Waals surface area contributed by atoms with Crippen molar-refractivity contribution in [3.05, 3.63) is 0 Å². The number of ether oxygens (including phenoxy) is 2. The number of aliphatic hydroxyl groups is 8. The molecular formula is C21H39NO11. The van der Waals surface area contributed by atoms with Crippen molar-refractivity contribution in [1.29, 1.82) is 0 Å². The van der Waals surface area contributed by atoms with E-state index in [0.29, 0.717) is 6.42 Å². The van der Waals surface area contributed by atoms with Crippen LogP contribution >= 0.6 is 0 Å². The first-order valence-corrected chi connectivity index (χ1v) is 11.6. The van der Waals surface area contributed by atoms with E-state index >= 15 is 0 Å². The van der Waals surface area contributed by atoms with Crippen LogP contribution in [0.2, 0.25) is 0 Å². The average molecular weight is 482 g/mol. The van der Waals surface area contributed by atoms with E-state index in [2.05, 4.69) is 6.92 Å². The van der Waals surface area contributed by atoms with Crippen molar-refractivity contribution in [2.24, 2.45) is 0 Å². The summed E-state index contributed by atoms with van der Waals surface area (Å²) in [7, 11) is 0. The molecule has 0 aromatic rings. The SMILES string of the molecule is CCCCCCCCC(=O)N([C@H]1O[C@H]([C@H](O)CO)[C@H](O)[C@@H]1O)[C@H]1O[C@H]([C@H](O)CO)[C@H](O)[C@@H]1O. The number of aliphatic hydroxyl groups excluding tert-OH is 8. The molecule has 8 N–H and O–H groups in total. The number of unbranched alkanes of at least 4 members (excludes halogenated alkanes) is 5. The zero-order valence-electron chi connectivity index (χ0n) is 18.9. The lowest BCUT2D eigenvalue weighted by Gasteiger charge is -2.36. The van der Waals surface area contributed by atoms with Crippen LogP contribution < -0.4 is 0 Å². The fourth-order valence-corrected chi connectivity index (χ4v) is 4.29. The summed E-state index contributed by atoms with van der Waals surface area (Å²) in [6.07, 6.45) is -10.4. The third kappa shape index (κ3) is 6.60. The quantitative estimate of drug-likeness (QED) is 0.126. The highest BCUT2D eigenvalue weighted by Crippen LogP contribution is 2.34. The molecule has 10 atom stereocenters. The molecule has 0 radical (unpaired) electrons. The van der Waals surface area contributed by atoms with Gasteiger partial charge in [-0.2, -0.15) is 0 Å². The number of carbonyl (C=O) groups excluding carboxylic acids is 1. The minimum Gasteiger partial charge on any atom is -0.394 e. The topological polar surface area (TPSA) is 201 Å². The standard InChI is InChI=1S/C21H39NO11/c1-2-3-4-5-6-7-8-13(27)22(20-16(30)14(28)18(32-20)11(25)9-23)21-17(31)15(29)19(33-21)12(26)10-24/h11-12,14-21,23-26,28-31H,2-10H2,1H3/t11-,12-,14-,15-,16+,17+,18-,19-,20+,21+/m1/s1.